The molecule has 0 aliphatic carbocycles. The van der Waals surface area contributed by atoms with Crippen LogP contribution in [0.15, 0.2) is 61.1 Å². The quantitative estimate of drug-likeness (QED) is 0.556. The van der Waals surface area contributed by atoms with Gasteiger partial charge in [0.15, 0.2) is 0 Å². The third-order valence-corrected chi connectivity index (χ3v) is 2.96. The molecule has 0 radical (unpaired) electrons. The van der Waals surface area contributed by atoms with E-state index in [1.165, 1.54) is 35.1 Å². The van der Waals surface area contributed by atoms with Crippen molar-refractivity contribution in [3.63, 3.8) is 0 Å². The second kappa shape index (κ2) is 18.3. The van der Waals surface area contributed by atoms with E-state index in [9.17, 15) is 4.79 Å². The number of hydrogen-bond acceptors (Lipinski definition) is 4. The van der Waals surface area contributed by atoms with Crippen LogP contribution in [0, 0.1) is 0 Å². The van der Waals surface area contributed by atoms with Gasteiger partial charge in [-0.15, -0.1) is 0 Å². The van der Waals surface area contributed by atoms with Gasteiger partial charge in [-0.25, -0.2) is 0 Å². The Kier molecular flexibility index (Phi) is 19.1. The monoisotopic (exact) mass is 443 g/mol. The van der Waals surface area contributed by atoms with Gasteiger partial charge >= 0.3 is 58.2 Å². The molecule has 0 unspecified atom stereocenters. The first-order valence-corrected chi connectivity index (χ1v) is 8.26. The molecule has 0 fully saturated rings. The Bertz CT molecular complexity index is 652. The minimum absolute atomic E-state index is 0. The summed E-state index contributed by atoms with van der Waals surface area (Å²) in [4.78, 5) is 18.4. The van der Waals surface area contributed by atoms with Crippen molar-refractivity contribution >= 4 is 16.7 Å². The smallest absolute Gasteiger partial charge is 0.512 e. The molecular weight excluding hydrogens is 416 g/mol. The fourth-order valence-corrected chi connectivity index (χ4v) is 1.36. The number of nitrogens with zero attached hydrogens (tertiary/aromatic N) is 3. The molecule has 3 rings (SSSR count). The summed E-state index contributed by atoms with van der Waals surface area (Å²) >= 11 is 0. The molecule has 2 aromatic carbocycles. The van der Waals surface area contributed by atoms with Gasteiger partial charge in [0.25, 0.3) is 0 Å². The number of aliphatic hydroxyl groups is 1. The number of carbonyl (C=O) groups is 1. The fourth-order valence-electron chi connectivity index (χ4n) is 1.36. The van der Waals surface area contributed by atoms with Gasteiger partial charge in [-0.2, -0.15) is 0 Å². The molecular formula is C20H28N3O3Rb. The molecule has 2 N–H and O–H groups in total. The fraction of sp³-hybridized carbons (Fsp3) is 0.300. The van der Waals surface area contributed by atoms with Crippen LogP contribution in [0.2, 0.25) is 0 Å². The Morgan fingerprint density at radius 2 is 1.44 bits per heavy atom. The normalized spacial score (nSPS) is 8.48. The first-order valence-electron chi connectivity index (χ1n) is 8.26. The SMILES string of the molecule is CC(=O)N(C)C.CCCO.Oc1c[n-]cn1.[Rb+].c1ccc2ccccc2c1. The van der Waals surface area contributed by atoms with Crippen molar-refractivity contribution in [1.29, 1.82) is 0 Å². The summed E-state index contributed by atoms with van der Waals surface area (Å²) in [6, 6.07) is 16.7. The number of rotatable bonds is 1. The number of hydrogen-bond donors (Lipinski definition) is 2. The summed E-state index contributed by atoms with van der Waals surface area (Å²) in [7, 11) is 3.45. The van der Waals surface area contributed by atoms with E-state index >= 15 is 0 Å². The summed E-state index contributed by atoms with van der Waals surface area (Å²) in [5.74, 6) is 0.0741. The third-order valence-electron chi connectivity index (χ3n) is 2.96. The molecule has 27 heavy (non-hydrogen) atoms. The molecule has 7 heteroatoms. The van der Waals surface area contributed by atoms with Crippen molar-refractivity contribution in [2.24, 2.45) is 0 Å². The number of aromatic nitrogens is 2. The van der Waals surface area contributed by atoms with Crippen molar-refractivity contribution in [2.45, 2.75) is 20.3 Å². The molecule has 0 bridgehead atoms. The zero-order valence-corrected chi connectivity index (χ0v) is 21.7. The van der Waals surface area contributed by atoms with Crippen LogP contribution in [-0.2, 0) is 4.79 Å². The maximum Gasteiger partial charge on any atom is 1.00 e. The van der Waals surface area contributed by atoms with Crippen LogP contribution in [0.3, 0.4) is 0 Å². The Morgan fingerprint density at radius 3 is 1.59 bits per heavy atom. The molecule has 6 nitrogen and oxygen atoms in total. The maximum atomic E-state index is 10.1. The number of aliphatic hydroxyl groups excluding tert-OH is 1. The number of fused-ring (bicyclic) bond motifs is 1. The Balaban J connectivity index is 0. The van der Waals surface area contributed by atoms with Gasteiger partial charge in [0.05, 0.1) is 0 Å². The van der Waals surface area contributed by atoms with Crippen molar-refractivity contribution in [1.82, 2.24) is 14.9 Å². The number of carbonyl (C=O) groups excluding carboxylic acids is 1. The average molecular weight is 444 g/mol. The Labute approximate surface area is 210 Å². The van der Waals surface area contributed by atoms with E-state index in [1.54, 1.807) is 14.1 Å². The maximum absolute atomic E-state index is 10.1. The minimum Gasteiger partial charge on any atom is -0.512 e. The van der Waals surface area contributed by atoms with E-state index in [0.717, 1.165) is 6.42 Å². The van der Waals surface area contributed by atoms with Gasteiger partial charge in [0.2, 0.25) is 5.91 Å². The number of amides is 1. The second-order valence-electron chi connectivity index (χ2n) is 5.37. The predicted molar refractivity (Wildman–Crippen MR) is 105 cm³/mol. The molecule has 0 aliphatic heterocycles. The van der Waals surface area contributed by atoms with Gasteiger partial charge < -0.3 is 25.1 Å². The van der Waals surface area contributed by atoms with E-state index in [4.69, 9.17) is 10.2 Å². The summed E-state index contributed by atoms with van der Waals surface area (Å²) in [5, 5.41) is 18.8. The van der Waals surface area contributed by atoms with Gasteiger partial charge in [-0.1, -0.05) is 61.8 Å². The molecule has 3 aromatic rings. The van der Waals surface area contributed by atoms with E-state index in [0.29, 0.717) is 6.61 Å². The van der Waals surface area contributed by atoms with Crippen LogP contribution in [-0.4, -0.2) is 46.7 Å². The van der Waals surface area contributed by atoms with Crippen LogP contribution in [0.4, 0.5) is 0 Å². The van der Waals surface area contributed by atoms with Crippen LogP contribution in [0.5, 0.6) is 5.88 Å². The third kappa shape index (κ3) is 15.7. The van der Waals surface area contributed by atoms with E-state index in [2.05, 4.69) is 58.5 Å². The van der Waals surface area contributed by atoms with Gasteiger partial charge in [0, 0.05) is 27.6 Å². The Hall–Kier alpha value is -1.05. The molecule has 0 aliphatic rings. The average Bonchev–Trinajstić information content (AvgIpc) is 3.14. The number of benzene rings is 2. The molecule has 1 heterocycles. The zero-order chi connectivity index (χ0) is 19.8. The predicted octanol–water partition coefficient (Wildman–Crippen LogP) is 0.0714. The van der Waals surface area contributed by atoms with Crippen molar-refractivity contribution in [3.05, 3.63) is 61.1 Å². The van der Waals surface area contributed by atoms with E-state index in [-0.39, 0.29) is 70.0 Å². The van der Waals surface area contributed by atoms with Gasteiger partial charge in [0.1, 0.15) is 5.88 Å². The summed E-state index contributed by atoms with van der Waals surface area (Å²) in [6.45, 7) is 3.78. The molecule has 0 saturated carbocycles. The van der Waals surface area contributed by atoms with Crippen LogP contribution < -0.4 is 63.2 Å². The molecule has 0 atom stereocenters. The molecule has 142 valence electrons. The number of imidazole rings is 1. The molecule has 1 aromatic heterocycles. The largest absolute Gasteiger partial charge is 1.00 e. The second-order valence-corrected chi connectivity index (χ2v) is 5.37. The van der Waals surface area contributed by atoms with E-state index < -0.39 is 0 Å². The first kappa shape index (κ1) is 28.2. The zero-order valence-electron chi connectivity index (χ0n) is 16.8. The molecule has 1 amide bonds. The summed E-state index contributed by atoms with van der Waals surface area (Å²) in [6.07, 6.45) is 3.44. The standard InChI is InChI=1S/C10H8.C4H9NO.C3H3N2O.C3H8O.Rb/c1-2-6-10-8-4-3-7-9(10)5-1;1-4(6)5(2)3;6-3-1-4-2-5-3;1-2-3-4;/h1-8H;1-3H3;1-2H,(H-,4,5,6);4H,2-3H2,1H3;/q;;-1;;+1. The summed E-state index contributed by atoms with van der Waals surface area (Å²) in [5.41, 5.74) is 0. The van der Waals surface area contributed by atoms with Crippen LogP contribution >= 0.6 is 0 Å². The first-order chi connectivity index (χ1) is 12.4. The van der Waals surface area contributed by atoms with Gasteiger partial charge in [-0.05, 0) is 23.4 Å². The molecule has 0 spiro atoms. The minimum atomic E-state index is -0.0185. The number of aromatic hydroxyl groups is 1. The van der Waals surface area contributed by atoms with Gasteiger partial charge in [-0.3, -0.25) is 4.79 Å². The Morgan fingerprint density at radius 1 is 1.07 bits per heavy atom. The van der Waals surface area contributed by atoms with Crippen LogP contribution in [0.1, 0.15) is 20.3 Å². The van der Waals surface area contributed by atoms with Crippen LogP contribution in [0.25, 0.3) is 10.8 Å². The topological polar surface area (TPSA) is 87.8 Å². The summed E-state index contributed by atoms with van der Waals surface area (Å²) < 4.78 is 0. The van der Waals surface area contributed by atoms with E-state index in [1.807, 2.05) is 6.92 Å². The van der Waals surface area contributed by atoms with Crippen molar-refractivity contribution < 1.29 is 73.2 Å². The van der Waals surface area contributed by atoms with Crippen molar-refractivity contribution in [2.75, 3.05) is 20.7 Å². The molecule has 0 saturated heterocycles. The van der Waals surface area contributed by atoms with Crippen molar-refractivity contribution in [3.8, 4) is 5.88 Å².